The summed E-state index contributed by atoms with van der Waals surface area (Å²) in [5, 5.41) is 5.15. The highest BCUT2D eigenvalue weighted by atomic mass is 16.6. The van der Waals surface area contributed by atoms with Gasteiger partial charge in [0.2, 0.25) is 5.69 Å². The molecule has 156 valence electrons. The molecule has 2 aliphatic heterocycles. The number of hydrogen-bond donors (Lipinski definition) is 0. The van der Waals surface area contributed by atoms with Crippen LogP contribution in [0.4, 0.5) is 11.4 Å². The number of hydrogen-bond acceptors (Lipinski definition) is 3. The summed E-state index contributed by atoms with van der Waals surface area (Å²) in [6.07, 6.45) is 0. The molecule has 0 aliphatic carbocycles. The Morgan fingerprint density at radius 2 is 1.22 bits per heavy atom. The number of para-hydroxylation sites is 2. The van der Waals surface area contributed by atoms with Crippen LogP contribution in [0.3, 0.4) is 0 Å². The third kappa shape index (κ3) is 2.61. The molecule has 1 fully saturated rings. The van der Waals surface area contributed by atoms with Gasteiger partial charge >= 0.3 is 0 Å². The molecule has 0 radical (unpaired) electrons. The van der Waals surface area contributed by atoms with Crippen LogP contribution in [0.1, 0.15) is 11.1 Å². The van der Waals surface area contributed by atoms with Gasteiger partial charge < -0.3 is 9.64 Å². The number of benzene rings is 4. The fourth-order valence-electron chi connectivity index (χ4n) is 4.68. The predicted molar refractivity (Wildman–Crippen MR) is 123 cm³/mol. The van der Waals surface area contributed by atoms with E-state index in [-0.39, 0.29) is 0 Å². The van der Waals surface area contributed by atoms with Crippen molar-refractivity contribution in [2.24, 2.45) is 5.11 Å². The van der Waals surface area contributed by atoms with E-state index in [9.17, 15) is 0 Å². The minimum absolute atomic E-state index is 0.365. The van der Waals surface area contributed by atoms with E-state index in [0.717, 1.165) is 22.5 Å². The molecule has 0 spiro atoms. The average Bonchev–Trinajstić information content (AvgIpc) is 3.39. The SMILES string of the molecule is c1ccc(N2CO[C@@]3(c4ccccc4)N=[N+](c4ccccc4)[N-][C@@]23c2ccccc2)cc1. The average molecular weight is 419 g/mol. The van der Waals surface area contributed by atoms with Crippen LogP contribution in [0.15, 0.2) is 126 Å². The Hall–Kier alpha value is -3.96. The van der Waals surface area contributed by atoms with E-state index in [2.05, 4.69) is 41.3 Å². The summed E-state index contributed by atoms with van der Waals surface area (Å²) in [5.74, 6) is 0. The molecule has 2 atom stereocenters. The van der Waals surface area contributed by atoms with Gasteiger partial charge in [0.05, 0.1) is 0 Å². The standard InChI is InChI=1S/C27H22N4O/c1-5-13-22(14-6-1)26-27(23-15-7-2-8-16-23,29-31(28-26)25-19-11-4-12-20-25)32-21-30(26)24-17-9-3-10-18-24/h1-20H,21H2/t26-,27+/m0/s1. The van der Waals surface area contributed by atoms with Crippen LogP contribution in [-0.4, -0.2) is 11.5 Å². The maximum absolute atomic E-state index is 6.65. The van der Waals surface area contributed by atoms with Crippen molar-refractivity contribution < 1.29 is 9.54 Å². The Labute approximate surface area is 187 Å². The first kappa shape index (κ1) is 18.8. The summed E-state index contributed by atoms with van der Waals surface area (Å²) in [6.45, 7) is 0.365. The molecule has 2 aliphatic rings. The first-order chi connectivity index (χ1) is 15.8. The van der Waals surface area contributed by atoms with Gasteiger partial charge in [0.1, 0.15) is 6.73 Å². The molecule has 0 aromatic heterocycles. The lowest BCUT2D eigenvalue weighted by Gasteiger charge is -2.44. The van der Waals surface area contributed by atoms with Gasteiger partial charge in [-0.15, -0.1) is 4.81 Å². The summed E-state index contributed by atoms with van der Waals surface area (Å²) < 4.78 is 6.65. The van der Waals surface area contributed by atoms with E-state index >= 15 is 0 Å². The van der Waals surface area contributed by atoms with Crippen LogP contribution in [-0.2, 0) is 16.1 Å². The Bertz CT molecular complexity index is 1250. The Morgan fingerprint density at radius 1 is 0.688 bits per heavy atom. The monoisotopic (exact) mass is 418 g/mol. The number of anilines is 1. The number of rotatable bonds is 4. The van der Waals surface area contributed by atoms with E-state index in [1.54, 1.807) is 4.81 Å². The zero-order chi connectivity index (χ0) is 21.4. The first-order valence-electron chi connectivity index (χ1n) is 10.7. The van der Waals surface area contributed by atoms with Crippen LogP contribution in [0.25, 0.3) is 5.43 Å². The lowest BCUT2D eigenvalue weighted by Crippen LogP contribution is -2.50. The second-order valence-corrected chi connectivity index (χ2v) is 7.91. The first-order valence-corrected chi connectivity index (χ1v) is 10.7. The summed E-state index contributed by atoms with van der Waals surface area (Å²) in [7, 11) is 0. The van der Waals surface area contributed by atoms with Gasteiger partial charge in [-0.25, -0.2) is 0 Å². The molecule has 0 bridgehead atoms. The number of azo groups is 1. The van der Waals surface area contributed by atoms with Crippen molar-refractivity contribution in [3.63, 3.8) is 0 Å². The van der Waals surface area contributed by atoms with Crippen LogP contribution in [0, 0.1) is 0 Å². The lowest BCUT2D eigenvalue weighted by molar-refractivity contribution is -0.461. The van der Waals surface area contributed by atoms with Gasteiger partial charge in [0, 0.05) is 17.8 Å². The molecule has 32 heavy (non-hydrogen) atoms. The van der Waals surface area contributed by atoms with E-state index in [1.807, 2.05) is 84.9 Å². The molecule has 2 heterocycles. The minimum atomic E-state index is -1.04. The summed E-state index contributed by atoms with van der Waals surface area (Å²) >= 11 is 0. The highest BCUT2D eigenvalue weighted by Gasteiger charge is 2.65. The summed E-state index contributed by atoms with van der Waals surface area (Å²) in [5.41, 5.74) is 7.25. The fraction of sp³-hybridized carbons (Fsp3) is 0.111. The molecule has 5 nitrogen and oxygen atoms in total. The maximum Gasteiger partial charge on any atom is 0.225 e. The molecule has 6 rings (SSSR count). The lowest BCUT2D eigenvalue weighted by atomic mass is 9.83. The topological polar surface area (TPSA) is 41.9 Å². The molecule has 0 N–H and O–H groups in total. The van der Waals surface area contributed by atoms with Crippen molar-refractivity contribution in [3.8, 4) is 0 Å². The molecule has 4 aromatic rings. The minimum Gasteiger partial charge on any atom is -0.342 e. The smallest absolute Gasteiger partial charge is 0.225 e. The molecule has 5 heteroatoms. The van der Waals surface area contributed by atoms with Crippen molar-refractivity contribution in [1.29, 1.82) is 0 Å². The predicted octanol–water partition coefficient (Wildman–Crippen LogP) is 6.29. The largest absolute Gasteiger partial charge is 0.342 e. The number of fused-ring (bicyclic) bond motifs is 1. The van der Waals surface area contributed by atoms with Gasteiger partial charge in [0.15, 0.2) is 11.4 Å². The van der Waals surface area contributed by atoms with E-state index in [4.69, 9.17) is 15.3 Å². The van der Waals surface area contributed by atoms with Crippen molar-refractivity contribution in [2.45, 2.75) is 11.4 Å². The van der Waals surface area contributed by atoms with Crippen molar-refractivity contribution >= 4 is 11.4 Å². The number of nitrogens with zero attached hydrogens (tertiary/aromatic N) is 4. The zero-order valence-corrected chi connectivity index (χ0v) is 17.5. The van der Waals surface area contributed by atoms with Gasteiger partial charge in [0.25, 0.3) is 0 Å². The summed E-state index contributed by atoms with van der Waals surface area (Å²) in [4.78, 5) is 3.94. The van der Waals surface area contributed by atoms with E-state index in [1.165, 1.54) is 0 Å². The third-order valence-corrected chi connectivity index (χ3v) is 6.14. The molecule has 1 saturated heterocycles. The molecular formula is C27H22N4O. The van der Waals surface area contributed by atoms with Crippen LogP contribution >= 0.6 is 0 Å². The number of ether oxygens (including phenoxy) is 1. The van der Waals surface area contributed by atoms with Crippen molar-refractivity contribution in [3.05, 3.63) is 138 Å². The highest BCUT2D eigenvalue weighted by Crippen LogP contribution is 2.61. The van der Waals surface area contributed by atoms with Crippen LogP contribution < -0.4 is 4.90 Å². The Balaban J connectivity index is 1.64. The van der Waals surface area contributed by atoms with Crippen LogP contribution in [0.2, 0.25) is 0 Å². The fourth-order valence-corrected chi connectivity index (χ4v) is 4.68. The van der Waals surface area contributed by atoms with Gasteiger partial charge in [-0.1, -0.05) is 97.1 Å². The Kier molecular flexibility index (Phi) is 4.30. The third-order valence-electron chi connectivity index (χ3n) is 6.14. The van der Waals surface area contributed by atoms with Gasteiger partial charge in [-0.3, -0.25) is 0 Å². The maximum atomic E-state index is 6.65. The molecule has 0 unspecified atom stereocenters. The molecular weight excluding hydrogens is 396 g/mol. The normalized spacial score (nSPS) is 24.0. The Morgan fingerprint density at radius 3 is 1.84 bits per heavy atom. The van der Waals surface area contributed by atoms with Crippen molar-refractivity contribution in [1.82, 2.24) is 0 Å². The molecule has 4 aromatic carbocycles. The second kappa shape index (κ2) is 7.32. The van der Waals surface area contributed by atoms with Crippen LogP contribution in [0.5, 0.6) is 0 Å². The van der Waals surface area contributed by atoms with Gasteiger partial charge in [-0.05, 0) is 23.3 Å². The van der Waals surface area contributed by atoms with Gasteiger partial charge in [-0.2, -0.15) is 10.5 Å². The van der Waals surface area contributed by atoms with E-state index < -0.39 is 11.4 Å². The van der Waals surface area contributed by atoms with Crippen molar-refractivity contribution in [2.75, 3.05) is 11.6 Å². The van der Waals surface area contributed by atoms with E-state index in [0.29, 0.717) is 6.73 Å². The quantitative estimate of drug-likeness (QED) is 0.366. The second-order valence-electron chi connectivity index (χ2n) is 7.91. The zero-order valence-electron chi connectivity index (χ0n) is 17.5. The summed E-state index contributed by atoms with van der Waals surface area (Å²) in [6, 6.07) is 40.8. The highest BCUT2D eigenvalue weighted by molar-refractivity contribution is 5.58. The molecule has 0 amide bonds. The molecule has 0 saturated carbocycles.